The molecule has 0 saturated carbocycles. The fourth-order valence-corrected chi connectivity index (χ4v) is 6.18. The third-order valence-corrected chi connectivity index (χ3v) is 9.39. The highest BCUT2D eigenvalue weighted by molar-refractivity contribution is 7.85. The van der Waals surface area contributed by atoms with Crippen molar-refractivity contribution in [2.45, 2.75) is 38.4 Å². The highest BCUT2D eigenvalue weighted by Gasteiger charge is 2.27. The van der Waals surface area contributed by atoms with Crippen LogP contribution in [-0.4, -0.2) is 21.0 Å². The van der Waals surface area contributed by atoms with Crippen molar-refractivity contribution in [3.05, 3.63) is 79.1 Å². The van der Waals surface area contributed by atoms with E-state index >= 15 is 0 Å². The molecular formula is C21H25IO4SSi. The summed E-state index contributed by atoms with van der Waals surface area (Å²) in [6.07, 6.45) is 0. The van der Waals surface area contributed by atoms with E-state index in [4.69, 9.17) is 4.42 Å². The van der Waals surface area contributed by atoms with Crippen LogP contribution in [0.15, 0.2) is 70.0 Å². The first-order valence-electron chi connectivity index (χ1n) is 8.80. The third-order valence-electron chi connectivity index (χ3n) is 3.89. The number of rotatable bonds is 4. The van der Waals surface area contributed by atoms with E-state index in [9.17, 15) is 13.0 Å². The molecule has 0 aliphatic carbocycles. The minimum atomic E-state index is -4.27. The number of benzene rings is 2. The van der Waals surface area contributed by atoms with Gasteiger partial charge in [0.15, 0.2) is 0 Å². The second-order valence-electron chi connectivity index (χ2n) is 7.46. The molecule has 3 rings (SSSR count). The monoisotopic (exact) mass is 528 g/mol. The quantitative estimate of drug-likeness (QED) is 0.290. The van der Waals surface area contributed by atoms with Gasteiger partial charge in [-0.15, -0.1) is 0 Å². The molecule has 1 aromatic heterocycles. The molecule has 0 aliphatic rings. The van der Waals surface area contributed by atoms with Gasteiger partial charge in [0.2, 0.25) is 3.57 Å². The zero-order valence-electron chi connectivity index (χ0n) is 16.7. The van der Waals surface area contributed by atoms with Crippen LogP contribution in [0.4, 0.5) is 0 Å². The van der Waals surface area contributed by atoms with Crippen LogP contribution in [0.2, 0.25) is 19.6 Å². The van der Waals surface area contributed by atoms with Gasteiger partial charge < -0.3 is 8.97 Å². The van der Waals surface area contributed by atoms with E-state index in [1.54, 1.807) is 12.1 Å². The van der Waals surface area contributed by atoms with Gasteiger partial charge in [-0.05, 0) is 38.1 Å². The second-order valence-corrected chi connectivity index (χ2v) is 16.6. The van der Waals surface area contributed by atoms with E-state index in [0.29, 0.717) is 0 Å². The summed E-state index contributed by atoms with van der Waals surface area (Å²) in [5, 5.41) is 1.22. The average Bonchev–Trinajstić information content (AvgIpc) is 3.06. The summed E-state index contributed by atoms with van der Waals surface area (Å²) < 4.78 is 39.8. The number of hydrogen-bond acceptors (Lipinski definition) is 4. The van der Waals surface area contributed by atoms with Gasteiger partial charge in [-0.2, -0.15) is 0 Å². The van der Waals surface area contributed by atoms with Gasteiger partial charge in [0.05, 0.1) is 10.3 Å². The van der Waals surface area contributed by atoms with E-state index in [1.807, 2.05) is 6.92 Å². The summed E-state index contributed by atoms with van der Waals surface area (Å²) in [7, 11) is -5.56. The normalized spacial score (nSPS) is 11.6. The van der Waals surface area contributed by atoms with Gasteiger partial charge >= 0.3 is 25.0 Å². The molecule has 0 amide bonds. The van der Waals surface area contributed by atoms with Gasteiger partial charge in [0, 0.05) is 11.6 Å². The minimum Gasteiger partial charge on any atom is -0.744 e. The predicted octanol–water partition coefficient (Wildman–Crippen LogP) is 1.16. The van der Waals surface area contributed by atoms with E-state index in [1.165, 1.54) is 30.4 Å². The number of hydrogen-bond donors (Lipinski definition) is 0. The van der Waals surface area contributed by atoms with Crippen molar-refractivity contribution in [2.75, 3.05) is 0 Å². The molecule has 1 heterocycles. The Bertz CT molecular complexity index is 1020. The topological polar surface area (TPSA) is 70.3 Å². The molecule has 2 aromatic carbocycles. The molecule has 28 heavy (non-hydrogen) atoms. The highest BCUT2D eigenvalue weighted by atomic mass is 127. The third kappa shape index (κ3) is 6.88. The van der Waals surface area contributed by atoms with Crippen LogP contribution in [0.5, 0.6) is 0 Å². The van der Waals surface area contributed by atoms with Gasteiger partial charge in [0.1, 0.15) is 18.2 Å². The first-order chi connectivity index (χ1) is 13.0. The molecule has 4 nitrogen and oxygen atoms in total. The first-order valence-corrected chi connectivity index (χ1v) is 15.9. The van der Waals surface area contributed by atoms with Gasteiger partial charge in [-0.25, -0.2) is 8.42 Å². The SMILES string of the molecule is Cc1ccc(S(=O)(=O)[O-])cc1.Cc1ccccc1[I+]c1ccc([Si](C)(C)C)o1. The van der Waals surface area contributed by atoms with Crippen LogP contribution in [0, 0.1) is 21.2 Å². The van der Waals surface area contributed by atoms with E-state index < -0.39 is 18.2 Å². The Morgan fingerprint density at radius 1 is 0.893 bits per heavy atom. The molecule has 0 aliphatic heterocycles. The van der Waals surface area contributed by atoms with Crippen molar-refractivity contribution in [1.29, 1.82) is 0 Å². The number of halogens is 1. The molecule has 0 fully saturated rings. The van der Waals surface area contributed by atoms with E-state index in [2.05, 4.69) is 63.0 Å². The van der Waals surface area contributed by atoms with Crippen LogP contribution < -0.4 is 26.6 Å². The van der Waals surface area contributed by atoms with Crippen molar-refractivity contribution in [2.24, 2.45) is 0 Å². The Labute approximate surface area is 179 Å². The van der Waals surface area contributed by atoms with Crippen LogP contribution in [-0.2, 0) is 10.1 Å². The predicted molar refractivity (Wildman–Crippen MR) is 109 cm³/mol. The van der Waals surface area contributed by atoms with Gasteiger partial charge in [-0.1, -0.05) is 55.5 Å². The Balaban J connectivity index is 0.000000221. The molecule has 0 atom stereocenters. The smallest absolute Gasteiger partial charge is 0.400 e. The van der Waals surface area contributed by atoms with E-state index in [0.717, 1.165) is 5.56 Å². The molecule has 0 radical (unpaired) electrons. The van der Waals surface area contributed by atoms with Gasteiger partial charge in [-0.3, -0.25) is 0 Å². The largest absolute Gasteiger partial charge is 0.744 e. The molecule has 0 saturated heterocycles. The molecule has 0 spiro atoms. The fourth-order valence-electron chi connectivity index (χ4n) is 2.23. The summed E-state index contributed by atoms with van der Waals surface area (Å²) in [5.41, 5.74) is 2.31. The highest BCUT2D eigenvalue weighted by Crippen LogP contribution is 2.08. The Hall–Kier alpha value is -1.42. The van der Waals surface area contributed by atoms with Crippen molar-refractivity contribution in [3.8, 4) is 0 Å². The maximum atomic E-state index is 10.4. The van der Waals surface area contributed by atoms with Crippen molar-refractivity contribution in [1.82, 2.24) is 0 Å². The summed E-state index contributed by atoms with van der Waals surface area (Å²) in [6, 6.07) is 18.7. The Morgan fingerprint density at radius 3 is 2.00 bits per heavy atom. The zero-order chi connectivity index (χ0) is 20.9. The molecule has 0 bridgehead atoms. The lowest BCUT2D eigenvalue weighted by Gasteiger charge is -2.09. The second kappa shape index (κ2) is 9.38. The number of furan rings is 1. The summed E-state index contributed by atoms with van der Waals surface area (Å²) in [5.74, 6) is 0. The molecule has 7 heteroatoms. The summed E-state index contributed by atoms with van der Waals surface area (Å²) in [4.78, 5) is -0.178. The lowest BCUT2D eigenvalue weighted by Crippen LogP contribution is -3.61. The van der Waals surface area contributed by atoms with Crippen LogP contribution in [0.25, 0.3) is 0 Å². The average molecular weight is 528 g/mol. The van der Waals surface area contributed by atoms with Crippen molar-refractivity contribution >= 4 is 23.6 Å². The lowest BCUT2D eigenvalue weighted by atomic mass is 10.2. The summed E-state index contributed by atoms with van der Waals surface area (Å²) >= 11 is -0.165. The molecule has 3 aromatic rings. The summed E-state index contributed by atoms with van der Waals surface area (Å²) in [6.45, 7) is 11.0. The minimum absolute atomic E-state index is 0.165. The van der Waals surface area contributed by atoms with Crippen molar-refractivity contribution < 1.29 is 38.6 Å². The van der Waals surface area contributed by atoms with Crippen LogP contribution >= 0.6 is 0 Å². The lowest BCUT2D eigenvalue weighted by molar-refractivity contribution is -0.617. The molecule has 0 N–H and O–H groups in total. The van der Waals surface area contributed by atoms with Crippen molar-refractivity contribution in [3.63, 3.8) is 0 Å². The van der Waals surface area contributed by atoms with Crippen LogP contribution in [0.1, 0.15) is 11.1 Å². The first kappa shape index (κ1) is 22.9. The molecule has 0 unspecified atom stereocenters. The van der Waals surface area contributed by atoms with E-state index in [-0.39, 0.29) is 26.1 Å². The maximum Gasteiger partial charge on any atom is 0.400 e. The fraction of sp³-hybridized carbons (Fsp3) is 0.238. The number of aryl methyl sites for hydroxylation is 2. The Kier molecular flexibility index (Phi) is 7.66. The molecule has 150 valence electrons. The van der Waals surface area contributed by atoms with Gasteiger partial charge in [0.25, 0.3) is 0 Å². The Morgan fingerprint density at radius 2 is 1.50 bits per heavy atom. The van der Waals surface area contributed by atoms with Crippen LogP contribution in [0.3, 0.4) is 0 Å². The molecular weight excluding hydrogens is 503 g/mol. The standard InChI is InChI=1S/C14H18IOSi.C7H8O3S/c1-11-7-5-6-8-12(11)15-13-9-10-14(16-13)17(2,3)4;1-6-2-4-7(5-3-6)11(8,9)10/h5-10H,1-4H3;2-5H,1H3,(H,8,9,10)/q+1;/p-1. The zero-order valence-corrected chi connectivity index (χ0v) is 20.7. The maximum absolute atomic E-state index is 10.4.